The maximum atomic E-state index is 9.13. The van der Waals surface area contributed by atoms with E-state index < -0.39 is 0 Å². The van der Waals surface area contributed by atoms with Crippen LogP contribution in [0, 0.1) is 18.3 Å². The smallest absolute Gasteiger partial charge is 0.101 e. The van der Waals surface area contributed by atoms with Crippen LogP contribution in [0.15, 0.2) is 24.3 Å². The highest BCUT2D eigenvalue weighted by molar-refractivity contribution is 5.65. The van der Waals surface area contributed by atoms with Crippen LogP contribution in [-0.2, 0) is 19.9 Å². The number of rotatable bonds is 1. The molecule has 0 N–H and O–H groups in total. The van der Waals surface area contributed by atoms with Gasteiger partial charge < -0.3 is 4.57 Å². The molecule has 0 unspecified atom stereocenters. The van der Waals surface area contributed by atoms with Gasteiger partial charge in [0, 0.05) is 18.4 Å². The van der Waals surface area contributed by atoms with Gasteiger partial charge in [0.1, 0.15) is 6.07 Å². The molecule has 2 aromatic rings. The predicted molar refractivity (Wildman–Crippen MR) is 76.9 cm³/mol. The topological polar surface area (TPSA) is 28.7 Å². The molecule has 1 aromatic carbocycles. The second-order valence-electron chi connectivity index (χ2n) is 5.39. The first-order valence-corrected chi connectivity index (χ1v) is 6.89. The van der Waals surface area contributed by atoms with Crippen LogP contribution in [0.5, 0.6) is 0 Å². The molecule has 0 fully saturated rings. The van der Waals surface area contributed by atoms with Crippen LogP contribution in [0.25, 0.3) is 11.3 Å². The Balaban J connectivity index is 2.10. The van der Waals surface area contributed by atoms with E-state index in [9.17, 15) is 0 Å². The number of fused-ring (bicyclic) bond motifs is 1. The van der Waals surface area contributed by atoms with Gasteiger partial charge in [0.15, 0.2) is 0 Å². The van der Waals surface area contributed by atoms with Gasteiger partial charge >= 0.3 is 0 Å². The van der Waals surface area contributed by atoms with Gasteiger partial charge in [0.2, 0.25) is 0 Å². The minimum Gasteiger partial charge on any atom is -0.347 e. The Labute approximate surface area is 114 Å². The summed E-state index contributed by atoms with van der Waals surface area (Å²) in [4.78, 5) is 0. The second kappa shape index (κ2) is 4.59. The van der Waals surface area contributed by atoms with Gasteiger partial charge in [-0.3, -0.25) is 0 Å². The second-order valence-corrected chi connectivity index (χ2v) is 5.39. The fourth-order valence-electron chi connectivity index (χ4n) is 2.98. The molecule has 0 amide bonds. The minimum absolute atomic E-state index is 0.773. The van der Waals surface area contributed by atoms with E-state index in [4.69, 9.17) is 5.26 Å². The van der Waals surface area contributed by atoms with Crippen molar-refractivity contribution in [3.05, 3.63) is 46.6 Å². The molecule has 2 heteroatoms. The van der Waals surface area contributed by atoms with E-state index >= 15 is 0 Å². The Morgan fingerprint density at radius 1 is 1.11 bits per heavy atom. The third kappa shape index (κ3) is 1.96. The van der Waals surface area contributed by atoms with Crippen molar-refractivity contribution in [1.29, 1.82) is 5.26 Å². The van der Waals surface area contributed by atoms with E-state index in [1.165, 1.54) is 42.4 Å². The standard InChI is InChI=1S/C17H18N2/c1-12-16(11-18)10-17(19(12)2)15-8-7-13-5-3-4-6-14(13)9-15/h7-10H,3-6H2,1-2H3. The van der Waals surface area contributed by atoms with Gasteiger partial charge in [-0.25, -0.2) is 0 Å². The monoisotopic (exact) mass is 250 g/mol. The number of nitriles is 1. The van der Waals surface area contributed by atoms with Gasteiger partial charge in [-0.15, -0.1) is 0 Å². The van der Waals surface area contributed by atoms with Gasteiger partial charge in [-0.2, -0.15) is 5.26 Å². The molecule has 1 aromatic heterocycles. The summed E-state index contributed by atoms with van der Waals surface area (Å²) >= 11 is 0. The number of nitrogens with zero attached hydrogens (tertiary/aromatic N) is 2. The highest BCUT2D eigenvalue weighted by Crippen LogP contribution is 2.29. The van der Waals surface area contributed by atoms with E-state index in [0.29, 0.717) is 0 Å². The molecule has 0 atom stereocenters. The Morgan fingerprint density at radius 2 is 1.84 bits per heavy atom. The van der Waals surface area contributed by atoms with Crippen molar-refractivity contribution in [2.75, 3.05) is 0 Å². The molecule has 19 heavy (non-hydrogen) atoms. The Kier molecular flexibility index (Phi) is 2.91. The molecule has 0 bridgehead atoms. The maximum absolute atomic E-state index is 9.13. The Bertz CT molecular complexity index is 671. The van der Waals surface area contributed by atoms with Crippen LogP contribution in [-0.4, -0.2) is 4.57 Å². The average Bonchev–Trinajstić information content (AvgIpc) is 2.74. The van der Waals surface area contributed by atoms with Crippen molar-refractivity contribution in [1.82, 2.24) is 4.57 Å². The molecule has 3 rings (SSSR count). The summed E-state index contributed by atoms with van der Waals surface area (Å²) in [5, 5.41) is 9.13. The molecule has 0 aliphatic heterocycles. The van der Waals surface area contributed by atoms with Gasteiger partial charge in [-0.1, -0.05) is 12.1 Å². The molecule has 1 heterocycles. The van der Waals surface area contributed by atoms with Crippen LogP contribution < -0.4 is 0 Å². The van der Waals surface area contributed by atoms with Crippen molar-refractivity contribution < 1.29 is 0 Å². The lowest BCUT2D eigenvalue weighted by Crippen LogP contribution is -2.03. The summed E-state index contributed by atoms with van der Waals surface area (Å²) in [6, 6.07) is 11.0. The predicted octanol–water partition coefficient (Wildman–Crippen LogP) is 3.75. The van der Waals surface area contributed by atoms with Crippen LogP contribution in [0.3, 0.4) is 0 Å². The SMILES string of the molecule is Cc1c(C#N)cc(-c2ccc3c(c2)CCCC3)n1C. The van der Waals surface area contributed by atoms with Crippen molar-refractivity contribution in [2.24, 2.45) is 7.05 Å². The summed E-state index contributed by atoms with van der Waals surface area (Å²) in [7, 11) is 2.03. The maximum Gasteiger partial charge on any atom is 0.101 e. The first-order chi connectivity index (χ1) is 9.20. The van der Waals surface area contributed by atoms with Gasteiger partial charge in [0.05, 0.1) is 5.56 Å². The molecule has 96 valence electrons. The fraction of sp³-hybridized carbons (Fsp3) is 0.353. The molecular weight excluding hydrogens is 232 g/mol. The van der Waals surface area contributed by atoms with Crippen LogP contribution in [0.2, 0.25) is 0 Å². The van der Waals surface area contributed by atoms with Crippen LogP contribution in [0.1, 0.15) is 35.2 Å². The summed E-state index contributed by atoms with van der Waals surface area (Å²) in [6.45, 7) is 2.00. The first kappa shape index (κ1) is 12.0. The van der Waals surface area contributed by atoms with E-state index in [-0.39, 0.29) is 0 Å². The van der Waals surface area contributed by atoms with Crippen molar-refractivity contribution >= 4 is 0 Å². The highest BCUT2D eigenvalue weighted by Gasteiger charge is 2.14. The zero-order chi connectivity index (χ0) is 13.4. The molecular formula is C17H18N2. The van der Waals surface area contributed by atoms with Crippen molar-refractivity contribution in [3.8, 4) is 17.3 Å². The third-order valence-corrected chi connectivity index (χ3v) is 4.30. The molecule has 0 saturated carbocycles. The number of aromatic nitrogens is 1. The van der Waals surface area contributed by atoms with E-state index in [1.54, 1.807) is 0 Å². The highest BCUT2D eigenvalue weighted by atomic mass is 15.0. The zero-order valence-corrected chi connectivity index (χ0v) is 11.5. The van der Waals surface area contributed by atoms with Gasteiger partial charge in [0.25, 0.3) is 0 Å². The Hall–Kier alpha value is -2.01. The quantitative estimate of drug-likeness (QED) is 0.757. The lowest BCUT2D eigenvalue weighted by atomic mass is 9.90. The molecule has 0 spiro atoms. The molecule has 0 radical (unpaired) electrons. The zero-order valence-electron chi connectivity index (χ0n) is 11.5. The number of benzene rings is 1. The lowest BCUT2D eigenvalue weighted by molar-refractivity contribution is 0.686. The number of aryl methyl sites for hydroxylation is 2. The van der Waals surface area contributed by atoms with E-state index in [2.05, 4.69) is 28.8 Å². The average molecular weight is 250 g/mol. The number of hydrogen-bond donors (Lipinski definition) is 0. The van der Waals surface area contributed by atoms with E-state index in [0.717, 1.165) is 17.0 Å². The summed E-state index contributed by atoms with van der Waals surface area (Å²) in [5.74, 6) is 0. The van der Waals surface area contributed by atoms with Crippen molar-refractivity contribution in [2.45, 2.75) is 32.6 Å². The van der Waals surface area contributed by atoms with Crippen molar-refractivity contribution in [3.63, 3.8) is 0 Å². The fourth-order valence-corrected chi connectivity index (χ4v) is 2.98. The van der Waals surface area contributed by atoms with Gasteiger partial charge in [-0.05, 0) is 61.4 Å². The summed E-state index contributed by atoms with van der Waals surface area (Å²) < 4.78 is 2.11. The third-order valence-electron chi connectivity index (χ3n) is 4.30. The molecule has 1 aliphatic carbocycles. The molecule has 0 saturated heterocycles. The normalized spacial score (nSPS) is 13.9. The lowest BCUT2D eigenvalue weighted by Gasteiger charge is -2.17. The first-order valence-electron chi connectivity index (χ1n) is 6.89. The number of hydrogen-bond acceptors (Lipinski definition) is 1. The molecule has 2 nitrogen and oxygen atoms in total. The molecule has 1 aliphatic rings. The summed E-state index contributed by atoms with van der Waals surface area (Å²) in [5.41, 5.74) is 7.17. The Morgan fingerprint density at radius 3 is 2.53 bits per heavy atom. The minimum atomic E-state index is 0.773. The summed E-state index contributed by atoms with van der Waals surface area (Å²) in [6.07, 6.45) is 5.02. The van der Waals surface area contributed by atoms with Crippen LogP contribution >= 0.6 is 0 Å². The van der Waals surface area contributed by atoms with Crippen LogP contribution in [0.4, 0.5) is 0 Å². The van der Waals surface area contributed by atoms with E-state index in [1.807, 2.05) is 20.0 Å². The largest absolute Gasteiger partial charge is 0.347 e.